The quantitative estimate of drug-likeness (QED) is 0.229. The highest BCUT2D eigenvalue weighted by atomic mass is 32.2. The topological polar surface area (TPSA) is 118 Å². The minimum atomic E-state index is -4.20. The average Bonchev–Trinajstić information content (AvgIpc) is 2.02. The van der Waals surface area contributed by atoms with Crippen molar-refractivity contribution < 1.29 is 13.0 Å². The zero-order valence-corrected chi connectivity index (χ0v) is 7.38. The second-order valence-corrected chi connectivity index (χ2v) is 3.79. The van der Waals surface area contributed by atoms with Crippen LogP contribution in [0.1, 0.15) is 0 Å². The predicted octanol–water partition coefficient (Wildman–Crippen LogP) is -0.199. The first-order valence-corrected chi connectivity index (χ1v) is 4.73. The van der Waals surface area contributed by atoms with Gasteiger partial charge in [0, 0.05) is 0 Å². The lowest BCUT2D eigenvalue weighted by molar-refractivity contribution is 0.483. The molecule has 0 fully saturated rings. The number of hydrogen-bond donors (Lipinski definition) is 4. The van der Waals surface area contributed by atoms with Crippen LogP contribution in [0.4, 0.5) is 11.4 Å². The molecule has 0 aliphatic carbocycles. The summed E-state index contributed by atoms with van der Waals surface area (Å²) in [6, 6.07) is 3.67. The van der Waals surface area contributed by atoms with Gasteiger partial charge in [0.1, 0.15) is 0 Å². The molecule has 7 heteroatoms. The van der Waals surface area contributed by atoms with Gasteiger partial charge in [-0.3, -0.25) is 10.4 Å². The van der Waals surface area contributed by atoms with E-state index in [0.29, 0.717) is 5.69 Å². The van der Waals surface area contributed by atoms with E-state index in [1.165, 1.54) is 12.1 Å². The van der Waals surface area contributed by atoms with Crippen molar-refractivity contribution in [1.82, 2.24) is 0 Å². The Morgan fingerprint density at radius 1 is 1.38 bits per heavy atom. The third-order valence-corrected chi connectivity index (χ3v) is 2.33. The Kier molecular flexibility index (Phi) is 2.41. The van der Waals surface area contributed by atoms with E-state index >= 15 is 0 Å². The van der Waals surface area contributed by atoms with Gasteiger partial charge in [0.05, 0.1) is 16.3 Å². The van der Waals surface area contributed by atoms with E-state index in [2.05, 4.69) is 5.43 Å². The standard InChI is InChI=1S/C6H9N3O3S/c7-5-3-4(13(10,11)12)1-2-6(5)9-8/h1-3,9H,7-8H2,(H,10,11,12). The summed E-state index contributed by atoms with van der Waals surface area (Å²) in [5, 5.41) is 0. The SMILES string of the molecule is NNc1ccc(S(=O)(=O)O)cc1N. The maximum atomic E-state index is 10.6. The zero-order valence-electron chi connectivity index (χ0n) is 6.56. The summed E-state index contributed by atoms with van der Waals surface area (Å²) >= 11 is 0. The first-order valence-electron chi connectivity index (χ1n) is 3.29. The summed E-state index contributed by atoms with van der Waals surface area (Å²) in [5.74, 6) is 5.07. The van der Waals surface area contributed by atoms with Crippen LogP contribution in [0.2, 0.25) is 0 Å². The number of benzene rings is 1. The van der Waals surface area contributed by atoms with Crippen LogP contribution >= 0.6 is 0 Å². The molecule has 1 aromatic rings. The molecule has 1 aromatic carbocycles. The van der Waals surface area contributed by atoms with Crippen molar-refractivity contribution in [3.8, 4) is 0 Å². The summed E-state index contributed by atoms with van der Waals surface area (Å²) in [7, 11) is -4.20. The Hall–Kier alpha value is -1.31. The number of rotatable bonds is 2. The molecule has 0 aliphatic rings. The Balaban J connectivity index is 3.26. The van der Waals surface area contributed by atoms with E-state index in [-0.39, 0.29) is 10.6 Å². The molecule has 6 nitrogen and oxygen atoms in total. The fourth-order valence-electron chi connectivity index (χ4n) is 0.833. The summed E-state index contributed by atoms with van der Waals surface area (Å²) in [5.41, 5.74) is 8.23. The van der Waals surface area contributed by atoms with Crippen molar-refractivity contribution in [1.29, 1.82) is 0 Å². The number of hydrazine groups is 1. The van der Waals surface area contributed by atoms with Crippen LogP contribution < -0.4 is 17.0 Å². The maximum absolute atomic E-state index is 10.6. The highest BCUT2D eigenvalue weighted by Crippen LogP contribution is 2.21. The van der Waals surface area contributed by atoms with Gasteiger partial charge < -0.3 is 11.2 Å². The molecule has 6 N–H and O–H groups in total. The van der Waals surface area contributed by atoms with E-state index in [1.54, 1.807) is 0 Å². The molecule has 0 aliphatic heterocycles. The van der Waals surface area contributed by atoms with Gasteiger partial charge in [-0.2, -0.15) is 8.42 Å². The number of nitrogens with one attached hydrogen (secondary N) is 1. The molecule has 0 amide bonds. The monoisotopic (exact) mass is 203 g/mol. The molecule has 13 heavy (non-hydrogen) atoms. The molecule has 0 saturated heterocycles. The summed E-state index contributed by atoms with van der Waals surface area (Å²) < 4.78 is 29.9. The van der Waals surface area contributed by atoms with Crippen LogP contribution in [0.25, 0.3) is 0 Å². The van der Waals surface area contributed by atoms with Gasteiger partial charge in [0.25, 0.3) is 10.1 Å². The van der Waals surface area contributed by atoms with Crippen LogP contribution in [-0.4, -0.2) is 13.0 Å². The van der Waals surface area contributed by atoms with E-state index in [1.807, 2.05) is 0 Å². The number of nitrogen functional groups attached to an aromatic ring is 2. The minimum Gasteiger partial charge on any atom is -0.397 e. The third-order valence-electron chi connectivity index (χ3n) is 1.48. The van der Waals surface area contributed by atoms with Crippen molar-refractivity contribution in [2.24, 2.45) is 5.84 Å². The number of nitrogens with two attached hydrogens (primary N) is 2. The Morgan fingerprint density at radius 2 is 2.00 bits per heavy atom. The highest BCUT2D eigenvalue weighted by molar-refractivity contribution is 7.85. The van der Waals surface area contributed by atoms with E-state index < -0.39 is 10.1 Å². The summed E-state index contributed by atoms with van der Waals surface area (Å²) in [6.45, 7) is 0. The lowest BCUT2D eigenvalue weighted by Gasteiger charge is -2.05. The molecule has 0 heterocycles. The largest absolute Gasteiger partial charge is 0.397 e. The normalized spacial score (nSPS) is 11.2. The van der Waals surface area contributed by atoms with Gasteiger partial charge in [0.2, 0.25) is 0 Å². The van der Waals surface area contributed by atoms with Crippen molar-refractivity contribution in [3.05, 3.63) is 18.2 Å². The average molecular weight is 203 g/mol. The lowest BCUT2D eigenvalue weighted by atomic mass is 10.3. The van der Waals surface area contributed by atoms with Crippen molar-refractivity contribution >= 4 is 21.5 Å². The second kappa shape index (κ2) is 3.21. The highest BCUT2D eigenvalue weighted by Gasteiger charge is 2.10. The first kappa shape index (κ1) is 9.78. The van der Waals surface area contributed by atoms with Gasteiger partial charge in [-0.25, -0.2) is 0 Å². The molecular weight excluding hydrogens is 194 g/mol. The Labute approximate surface area is 75.3 Å². The zero-order chi connectivity index (χ0) is 10.1. The second-order valence-electron chi connectivity index (χ2n) is 2.37. The minimum absolute atomic E-state index is 0.151. The molecular formula is C6H9N3O3S. The van der Waals surface area contributed by atoms with E-state index in [4.69, 9.17) is 16.1 Å². The Bertz CT molecular complexity index is 415. The van der Waals surface area contributed by atoms with Crippen LogP contribution in [-0.2, 0) is 10.1 Å². The van der Waals surface area contributed by atoms with Crippen LogP contribution in [0.15, 0.2) is 23.1 Å². The lowest BCUT2D eigenvalue weighted by Crippen LogP contribution is -2.09. The molecule has 0 atom stereocenters. The van der Waals surface area contributed by atoms with Gasteiger partial charge >= 0.3 is 0 Å². The molecule has 0 saturated carbocycles. The maximum Gasteiger partial charge on any atom is 0.294 e. The molecule has 0 spiro atoms. The molecule has 0 radical (unpaired) electrons. The van der Waals surface area contributed by atoms with Crippen molar-refractivity contribution in [2.75, 3.05) is 11.2 Å². The molecule has 72 valence electrons. The summed E-state index contributed by atoms with van der Waals surface area (Å²) in [6.07, 6.45) is 0. The fourth-order valence-corrected chi connectivity index (χ4v) is 1.35. The van der Waals surface area contributed by atoms with Gasteiger partial charge in [-0.05, 0) is 18.2 Å². The number of anilines is 2. The van der Waals surface area contributed by atoms with Crippen molar-refractivity contribution in [3.63, 3.8) is 0 Å². The van der Waals surface area contributed by atoms with Gasteiger partial charge in [-0.1, -0.05) is 0 Å². The molecule has 0 bridgehead atoms. The van der Waals surface area contributed by atoms with Crippen LogP contribution in [0.3, 0.4) is 0 Å². The van der Waals surface area contributed by atoms with Crippen LogP contribution in [0.5, 0.6) is 0 Å². The number of hydrogen-bond acceptors (Lipinski definition) is 5. The van der Waals surface area contributed by atoms with E-state index in [9.17, 15) is 8.42 Å². The molecule has 0 unspecified atom stereocenters. The van der Waals surface area contributed by atoms with Crippen molar-refractivity contribution in [2.45, 2.75) is 4.90 Å². The predicted molar refractivity (Wildman–Crippen MR) is 48.5 cm³/mol. The molecule has 0 aromatic heterocycles. The van der Waals surface area contributed by atoms with Gasteiger partial charge in [0.15, 0.2) is 0 Å². The third kappa shape index (κ3) is 2.08. The van der Waals surface area contributed by atoms with Crippen LogP contribution in [0, 0.1) is 0 Å². The smallest absolute Gasteiger partial charge is 0.294 e. The van der Waals surface area contributed by atoms with E-state index in [0.717, 1.165) is 6.07 Å². The summed E-state index contributed by atoms with van der Waals surface area (Å²) in [4.78, 5) is -0.260. The fraction of sp³-hybridized carbons (Fsp3) is 0. The Morgan fingerprint density at radius 3 is 2.38 bits per heavy atom. The molecule has 1 rings (SSSR count). The van der Waals surface area contributed by atoms with Gasteiger partial charge in [-0.15, -0.1) is 0 Å². The first-order chi connectivity index (χ1) is 5.95.